The van der Waals surface area contributed by atoms with Gasteiger partial charge in [0.25, 0.3) is 17.5 Å². The number of fused-ring (bicyclic) bond motifs is 1. The summed E-state index contributed by atoms with van der Waals surface area (Å²) in [6, 6.07) is 5.13. The third-order valence-electron chi connectivity index (χ3n) is 2.74. The van der Waals surface area contributed by atoms with E-state index in [0.717, 1.165) is 17.3 Å². The van der Waals surface area contributed by atoms with Crippen LogP contribution in [0.25, 0.3) is 6.08 Å². The minimum atomic E-state index is -1.41. The minimum absolute atomic E-state index is 0.315. The molecule has 0 bridgehead atoms. The molecule has 2 aliphatic heterocycles. The molecule has 3 rings (SSSR count). The van der Waals surface area contributed by atoms with Gasteiger partial charge in [-0.15, -0.1) is 0 Å². The first-order chi connectivity index (χ1) is 9.04. The lowest BCUT2D eigenvalue weighted by atomic mass is 10.1. The molecule has 0 spiro atoms. The molecule has 0 saturated carbocycles. The number of hydrogen-bond donors (Lipinski definition) is 1. The molecular formula is C12H7BrFNO3S. The van der Waals surface area contributed by atoms with E-state index in [2.05, 4.69) is 21.2 Å². The molecule has 2 heterocycles. The topological polar surface area (TPSA) is 55.4 Å². The van der Waals surface area contributed by atoms with Crippen molar-refractivity contribution in [2.45, 2.75) is 11.2 Å². The summed E-state index contributed by atoms with van der Waals surface area (Å²) >= 11 is 4.04. The van der Waals surface area contributed by atoms with Gasteiger partial charge in [0, 0.05) is 5.56 Å². The lowest BCUT2D eigenvalue weighted by Gasteiger charge is -2.01. The summed E-state index contributed by atoms with van der Waals surface area (Å²) in [4.78, 5) is 22.3. The van der Waals surface area contributed by atoms with Gasteiger partial charge in [-0.1, -0.05) is 28.1 Å². The van der Waals surface area contributed by atoms with Gasteiger partial charge in [-0.2, -0.15) is 0 Å². The SMILES string of the molecule is O=C1NC(=O)/C(=C/c2ccc3c(c2)OC(F)C3Br)S1. The van der Waals surface area contributed by atoms with Crippen LogP contribution in [0.1, 0.15) is 16.0 Å². The van der Waals surface area contributed by atoms with Gasteiger partial charge in [0.05, 0.1) is 4.91 Å². The van der Waals surface area contributed by atoms with Gasteiger partial charge < -0.3 is 4.74 Å². The Morgan fingerprint density at radius 1 is 1.42 bits per heavy atom. The van der Waals surface area contributed by atoms with Crippen LogP contribution in [0.3, 0.4) is 0 Å². The van der Waals surface area contributed by atoms with Crippen LogP contribution < -0.4 is 10.1 Å². The van der Waals surface area contributed by atoms with Crippen LogP contribution >= 0.6 is 27.7 Å². The molecule has 2 unspecified atom stereocenters. The van der Waals surface area contributed by atoms with Gasteiger partial charge in [-0.05, 0) is 29.5 Å². The highest BCUT2D eigenvalue weighted by Crippen LogP contribution is 2.43. The number of hydrogen-bond acceptors (Lipinski definition) is 4. The van der Waals surface area contributed by atoms with E-state index in [1.807, 2.05) is 0 Å². The Morgan fingerprint density at radius 2 is 2.21 bits per heavy atom. The molecule has 2 atom stereocenters. The van der Waals surface area contributed by atoms with E-state index in [9.17, 15) is 14.0 Å². The predicted molar refractivity (Wildman–Crippen MR) is 72.7 cm³/mol. The van der Waals surface area contributed by atoms with E-state index in [1.54, 1.807) is 24.3 Å². The molecule has 0 radical (unpaired) electrons. The molecular weight excluding hydrogens is 337 g/mol. The summed E-state index contributed by atoms with van der Waals surface area (Å²) in [5.74, 6) is 0.0246. The number of benzene rings is 1. The van der Waals surface area contributed by atoms with Gasteiger partial charge in [-0.25, -0.2) is 4.39 Å². The van der Waals surface area contributed by atoms with Crippen LogP contribution in [0, 0.1) is 0 Å². The van der Waals surface area contributed by atoms with Crippen molar-refractivity contribution in [1.82, 2.24) is 5.32 Å². The smallest absolute Gasteiger partial charge is 0.290 e. The molecule has 19 heavy (non-hydrogen) atoms. The molecule has 0 aromatic heterocycles. The number of halogens is 2. The first kappa shape index (κ1) is 12.7. The zero-order valence-corrected chi connectivity index (χ0v) is 11.8. The molecule has 1 N–H and O–H groups in total. The first-order valence-corrected chi connectivity index (χ1v) is 7.11. The summed E-state index contributed by atoms with van der Waals surface area (Å²) in [5.41, 5.74) is 1.41. The summed E-state index contributed by atoms with van der Waals surface area (Å²) in [6.07, 6.45) is 0.159. The number of carbonyl (C=O) groups excluding carboxylic acids is 2. The summed E-state index contributed by atoms with van der Waals surface area (Å²) in [5, 5.41) is 1.78. The molecule has 98 valence electrons. The van der Waals surface area contributed by atoms with Gasteiger partial charge in [0.15, 0.2) is 0 Å². The number of thioether (sulfide) groups is 1. The van der Waals surface area contributed by atoms with Crippen LogP contribution in [0.4, 0.5) is 9.18 Å². The highest BCUT2D eigenvalue weighted by Gasteiger charge is 2.32. The van der Waals surface area contributed by atoms with Crippen molar-refractivity contribution in [2.24, 2.45) is 0 Å². The Hall–Kier alpha value is -1.34. The lowest BCUT2D eigenvalue weighted by Crippen LogP contribution is -2.17. The Bertz CT molecular complexity index is 619. The molecule has 2 aliphatic rings. The van der Waals surface area contributed by atoms with E-state index < -0.39 is 22.3 Å². The number of amides is 2. The molecule has 2 amide bonds. The second-order valence-electron chi connectivity index (χ2n) is 4.02. The van der Waals surface area contributed by atoms with Crippen molar-refractivity contribution in [3.05, 3.63) is 34.2 Å². The van der Waals surface area contributed by atoms with Crippen LogP contribution in [0.2, 0.25) is 0 Å². The zero-order chi connectivity index (χ0) is 13.6. The highest BCUT2D eigenvalue weighted by atomic mass is 79.9. The lowest BCUT2D eigenvalue weighted by molar-refractivity contribution is -0.115. The highest BCUT2D eigenvalue weighted by molar-refractivity contribution is 9.09. The number of alkyl halides is 2. The number of imide groups is 1. The Labute approximate surface area is 120 Å². The second kappa shape index (κ2) is 4.64. The van der Waals surface area contributed by atoms with Crippen LogP contribution in [-0.4, -0.2) is 17.5 Å². The predicted octanol–water partition coefficient (Wildman–Crippen LogP) is 3.13. The zero-order valence-electron chi connectivity index (χ0n) is 9.35. The van der Waals surface area contributed by atoms with E-state index in [1.165, 1.54) is 0 Å². The Morgan fingerprint density at radius 3 is 2.89 bits per heavy atom. The maximum atomic E-state index is 13.4. The van der Waals surface area contributed by atoms with Crippen molar-refractivity contribution >= 4 is 44.9 Å². The van der Waals surface area contributed by atoms with Crippen LogP contribution in [0.5, 0.6) is 5.75 Å². The molecule has 4 nitrogen and oxygen atoms in total. The maximum Gasteiger partial charge on any atom is 0.290 e. The summed E-state index contributed by atoms with van der Waals surface area (Å²) in [7, 11) is 0. The fraction of sp³-hybridized carbons (Fsp3) is 0.167. The molecule has 1 saturated heterocycles. The molecule has 1 aromatic carbocycles. The molecule has 7 heteroatoms. The van der Waals surface area contributed by atoms with Gasteiger partial charge >= 0.3 is 0 Å². The minimum Gasteiger partial charge on any atom is -0.458 e. The van der Waals surface area contributed by atoms with Crippen molar-refractivity contribution in [3.63, 3.8) is 0 Å². The number of nitrogens with one attached hydrogen (secondary N) is 1. The average Bonchev–Trinajstić information content (AvgIpc) is 2.81. The molecule has 1 fully saturated rings. The van der Waals surface area contributed by atoms with Gasteiger partial charge in [0.1, 0.15) is 10.6 Å². The molecule has 0 aliphatic carbocycles. The Kier molecular flexibility index (Phi) is 3.10. The summed E-state index contributed by atoms with van der Waals surface area (Å²) in [6.45, 7) is 0. The quantitative estimate of drug-likeness (QED) is 0.628. The van der Waals surface area contributed by atoms with E-state index in [0.29, 0.717) is 16.2 Å². The van der Waals surface area contributed by atoms with Crippen molar-refractivity contribution in [3.8, 4) is 5.75 Å². The van der Waals surface area contributed by atoms with Crippen molar-refractivity contribution < 1.29 is 18.7 Å². The van der Waals surface area contributed by atoms with E-state index in [-0.39, 0.29) is 0 Å². The van der Waals surface area contributed by atoms with E-state index >= 15 is 0 Å². The number of rotatable bonds is 1. The van der Waals surface area contributed by atoms with Gasteiger partial charge in [0.2, 0.25) is 0 Å². The monoisotopic (exact) mass is 343 g/mol. The van der Waals surface area contributed by atoms with Crippen molar-refractivity contribution in [2.75, 3.05) is 0 Å². The standard InChI is InChI=1S/C12H7BrFNO3S/c13-9-6-2-1-5(3-7(6)18-10(9)14)4-8-11(16)15-12(17)19-8/h1-4,9-10H,(H,15,16,17)/b8-4-. The third-order valence-corrected chi connectivity index (χ3v) is 4.46. The van der Waals surface area contributed by atoms with Crippen molar-refractivity contribution in [1.29, 1.82) is 0 Å². The third kappa shape index (κ3) is 2.28. The Balaban J connectivity index is 1.93. The second-order valence-corrected chi connectivity index (χ2v) is 6.02. The normalized spacial score (nSPS) is 27.4. The molecule has 1 aromatic rings. The van der Waals surface area contributed by atoms with Crippen LogP contribution in [0.15, 0.2) is 23.1 Å². The summed E-state index contributed by atoms with van der Waals surface area (Å²) < 4.78 is 18.4. The number of carbonyl (C=O) groups is 2. The average molecular weight is 344 g/mol. The van der Waals surface area contributed by atoms with Gasteiger partial charge in [-0.3, -0.25) is 14.9 Å². The van der Waals surface area contributed by atoms with E-state index in [4.69, 9.17) is 4.74 Å². The maximum absolute atomic E-state index is 13.4. The fourth-order valence-electron chi connectivity index (χ4n) is 1.87. The first-order valence-electron chi connectivity index (χ1n) is 5.38. The number of ether oxygens (including phenoxy) is 1. The fourth-order valence-corrected chi connectivity index (χ4v) is 3.03. The van der Waals surface area contributed by atoms with Crippen LogP contribution in [-0.2, 0) is 4.79 Å². The largest absolute Gasteiger partial charge is 0.458 e.